The Kier molecular flexibility index (Phi) is 6.78. The smallest absolute Gasteiger partial charge is 0.450 e. The third kappa shape index (κ3) is 4.94. The second-order valence-electron chi connectivity index (χ2n) is 10.1. The molecule has 1 aliphatic carbocycles. The van der Waals surface area contributed by atoms with E-state index < -0.39 is 23.7 Å². The molecule has 4 aromatic rings. The number of carboxylic acids is 1. The van der Waals surface area contributed by atoms with Gasteiger partial charge in [-0.25, -0.2) is 9.78 Å². The number of nitrogens with zero attached hydrogens (tertiary/aromatic N) is 4. The summed E-state index contributed by atoms with van der Waals surface area (Å²) in [5.41, 5.74) is 1.96. The number of benzene rings is 1. The van der Waals surface area contributed by atoms with E-state index in [0.29, 0.717) is 46.0 Å². The number of imidazole rings is 1. The van der Waals surface area contributed by atoms with Crippen LogP contribution in [0.1, 0.15) is 59.2 Å². The molecule has 0 atom stereocenters. The van der Waals surface area contributed by atoms with Crippen molar-refractivity contribution < 1.29 is 27.6 Å². The summed E-state index contributed by atoms with van der Waals surface area (Å²) in [6.45, 7) is 1.23. The van der Waals surface area contributed by atoms with Crippen LogP contribution in [-0.2, 0) is 6.18 Å². The molecule has 40 heavy (non-hydrogen) atoms. The van der Waals surface area contributed by atoms with E-state index in [2.05, 4.69) is 16.2 Å². The van der Waals surface area contributed by atoms with Crippen molar-refractivity contribution in [3.63, 3.8) is 0 Å². The summed E-state index contributed by atoms with van der Waals surface area (Å²) < 4.78 is 47.2. The SMILES string of the molecule is O=C(O)c1nc(C(F)(F)F)n2cc(N3CCC(C=Cc4c(-c5c(Cl)cccc5Cl)noc4C4CC4)CC3)ccc12. The maximum atomic E-state index is 13.6. The Labute approximate surface area is 236 Å². The number of hydrogen-bond acceptors (Lipinski definition) is 5. The number of fused-ring (bicyclic) bond motifs is 1. The number of alkyl halides is 3. The van der Waals surface area contributed by atoms with Gasteiger partial charge in [-0.3, -0.25) is 4.40 Å². The number of pyridine rings is 1. The van der Waals surface area contributed by atoms with Crippen molar-refractivity contribution in [3.8, 4) is 11.3 Å². The van der Waals surface area contributed by atoms with Gasteiger partial charge in [0.15, 0.2) is 5.69 Å². The summed E-state index contributed by atoms with van der Waals surface area (Å²) in [6.07, 6.45) is 4.30. The van der Waals surface area contributed by atoms with E-state index in [4.69, 9.17) is 27.7 Å². The third-order valence-corrected chi connectivity index (χ3v) is 8.05. The van der Waals surface area contributed by atoms with Crippen molar-refractivity contribution in [2.45, 2.75) is 37.8 Å². The van der Waals surface area contributed by atoms with Gasteiger partial charge in [-0.05, 0) is 55.9 Å². The van der Waals surface area contributed by atoms with Gasteiger partial charge in [0.25, 0.3) is 0 Å². The van der Waals surface area contributed by atoms with E-state index in [-0.39, 0.29) is 11.4 Å². The van der Waals surface area contributed by atoms with E-state index in [9.17, 15) is 23.1 Å². The lowest BCUT2D eigenvalue weighted by Gasteiger charge is -2.32. The third-order valence-electron chi connectivity index (χ3n) is 7.42. The highest BCUT2D eigenvalue weighted by molar-refractivity contribution is 6.39. The van der Waals surface area contributed by atoms with Gasteiger partial charge in [0, 0.05) is 36.3 Å². The molecular formula is C28H23Cl2F3N4O3. The molecular weight excluding hydrogens is 568 g/mol. The van der Waals surface area contributed by atoms with Crippen molar-refractivity contribution in [3.05, 3.63) is 75.5 Å². The highest BCUT2D eigenvalue weighted by Gasteiger charge is 2.38. The standard InChI is InChI=1S/C28H23Cl2F3N4O3/c29-19-2-1-3-20(30)22(19)23-18(25(40-35-23)16-5-6-16)8-4-15-10-12-36(13-11-15)17-7-9-21-24(26(38)39)34-27(28(31,32)33)37(21)14-17/h1-4,7-9,14-16H,5-6,10-13H2,(H,38,39). The Morgan fingerprint density at radius 1 is 1.07 bits per heavy atom. The van der Waals surface area contributed by atoms with Gasteiger partial charge >= 0.3 is 12.1 Å². The molecule has 12 heteroatoms. The number of carbonyl (C=O) groups is 1. The van der Waals surface area contributed by atoms with Crippen LogP contribution in [0.3, 0.4) is 0 Å². The molecule has 2 aliphatic rings. The molecule has 3 aromatic heterocycles. The lowest BCUT2D eigenvalue weighted by atomic mass is 9.94. The molecule has 0 radical (unpaired) electrons. The number of carboxylic acid groups (broad SMARTS) is 1. The summed E-state index contributed by atoms with van der Waals surface area (Å²) in [4.78, 5) is 16.8. The first kappa shape index (κ1) is 26.7. The number of hydrogen-bond donors (Lipinski definition) is 1. The Bertz CT molecular complexity index is 1610. The fourth-order valence-electron chi connectivity index (χ4n) is 5.22. The first-order chi connectivity index (χ1) is 19.1. The van der Waals surface area contributed by atoms with Crippen LogP contribution < -0.4 is 4.90 Å². The van der Waals surface area contributed by atoms with E-state index in [1.54, 1.807) is 24.3 Å². The largest absolute Gasteiger partial charge is 0.476 e. The minimum Gasteiger partial charge on any atom is -0.476 e. The average molecular weight is 591 g/mol. The predicted octanol–water partition coefficient (Wildman–Crippen LogP) is 7.82. The monoisotopic (exact) mass is 590 g/mol. The summed E-state index contributed by atoms with van der Waals surface area (Å²) in [5, 5.41) is 14.6. The highest BCUT2D eigenvalue weighted by atomic mass is 35.5. The minimum atomic E-state index is -4.79. The van der Waals surface area contributed by atoms with Crippen LogP contribution in [0.2, 0.25) is 10.0 Å². The van der Waals surface area contributed by atoms with Crippen LogP contribution in [0.4, 0.5) is 18.9 Å². The summed E-state index contributed by atoms with van der Waals surface area (Å²) in [7, 11) is 0. The Morgan fingerprint density at radius 3 is 2.40 bits per heavy atom. The van der Waals surface area contributed by atoms with Crippen molar-refractivity contribution >= 4 is 46.5 Å². The first-order valence-corrected chi connectivity index (χ1v) is 13.6. The fourth-order valence-corrected chi connectivity index (χ4v) is 5.79. The van der Waals surface area contributed by atoms with E-state index in [1.807, 2.05) is 11.0 Å². The predicted molar refractivity (Wildman–Crippen MR) is 145 cm³/mol. The zero-order chi connectivity index (χ0) is 28.2. The van der Waals surface area contributed by atoms with Crippen LogP contribution in [0.25, 0.3) is 22.9 Å². The summed E-state index contributed by atoms with van der Waals surface area (Å²) >= 11 is 12.9. The number of halogens is 5. The van der Waals surface area contributed by atoms with Crippen LogP contribution in [0, 0.1) is 5.92 Å². The van der Waals surface area contributed by atoms with Crippen LogP contribution in [0.5, 0.6) is 0 Å². The number of piperidine rings is 1. The quantitative estimate of drug-likeness (QED) is 0.246. The Morgan fingerprint density at radius 2 is 1.77 bits per heavy atom. The van der Waals surface area contributed by atoms with Gasteiger partial charge < -0.3 is 14.5 Å². The van der Waals surface area contributed by atoms with Crippen LogP contribution in [-0.4, -0.2) is 38.7 Å². The normalized spacial score (nSPS) is 16.9. The number of aromatic carboxylic acids is 1. The molecule has 208 valence electrons. The molecule has 1 aliphatic heterocycles. The molecule has 1 aromatic carbocycles. The van der Waals surface area contributed by atoms with Crippen LogP contribution in [0.15, 0.2) is 47.1 Å². The molecule has 2 fully saturated rings. The number of aromatic nitrogens is 3. The minimum absolute atomic E-state index is 0.101. The van der Waals surface area contributed by atoms with Crippen molar-refractivity contribution in [2.75, 3.05) is 18.0 Å². The Hall–Kier alpha value is -3.50. The number of allylic oxidation sites excluding steroid dienone is 1. The Balaban J connectivity index is 1.22. The molecule has 1 saturated heterocycles. The number of anilines is 1. The second kappa shape index (κ2) is 10.2. The number of rotatable bonds is 6. The van der Waals surface area contributed by atoms with Gasteiger partial charge in [-0.2, -0.15) is 13.2 Å². The lowest BCUT2D eigenvalue weighted by molar-refractivity contribution is -0.145. The maximum Gasteiger partial charge on any atom is 0.450 e. The summed E-state index contributed by atoms with van der Waals surface area (Å²) in [6, 6.07) is 8.31. The zero-order valence-electron chi connectivity index (χ0n) is 21.0. The van der Waals surface area contributed by atoms with E-state index >= 15 is 0 Å². The van der Waals surface area contributed by atoms with Gasteiger partial charge in [0.2, 0.25) is 5.82 Å². The van der Waals surface area contributed by atoms with Crippen molar-refractivity contribution in [1.82, 2.24) is 14.5 Å². The van der Waals surface area contributed by atoms with E-state index in [0.717, 1.165) is 41.4 Å². The van der Waals surface area contributed by atoms with E-state index in [1.165, 1.54) is 12.3 Å². The van der Waals surface area contributed by atoms with Crippen molar-refractivity contribution in [2.24, 2.45) is 5.92 Å². The molecule has 0 bridgehead atoms. The lowest BCUT2D eigenvalue weighted by Crippen LogP contribution is -2.33. The molecule has 0 unspecified atom stereocenters. The zero-order valence-corrected chi connectivity index (χ0v) is 22.5. The van der Waals surface area contributed by atoms with Crippen LogP contribution >= 0.6 is 23.2 Å². The van der Waals surface area contributed by atoms with Gasteiger partial charge in [0.05, 0.1) is 21.2 Å². The molecule has 6 rings (SSSR count). The van der Waals surface area contributed by atoms with Gasteiger partial charge in [-0.15, -0.1) is 0 Å². The van der Waals surface area contributed by atoms with Crippen molar-refractivity contribution in [1.29, 1.82) is 0 Å². The maximum absolute atomic E-state index is 13.6. The molecule has 1 N–H and O–H groups in total. The fraction of sp³-hybridized carbons (Fsp3) is 0.321. The molecule has 7 nitrogen and oxygen atoms in total. The topological polar surface area (TPSA) is 83.9 Å². The molecule has 4 heterocycles. The molecule has 0 spiro atoms. The highest BCUT2D eigenvalue weighted by Crippen LogP contribution is 2.46. The molecule has 1 saturated carbocycles. The first-order valence-electron chi connectivity index (χ1n) is 12.8. The summed E-state index contributed by atoms with van der Waals surface area (Å²) in [5.74, 6) is -1.38. The van der Waals surface area contributed by atoms with Gasteiger partial charge in [-0.1, -0.05) is 46.6 Å². The van der Waals surface area contributed by atoms with Gasteiger partial charge in [0.1, 0.15) is 11.5 Å². The molecule has 0 amide bonds. The second-order valence-corrected chi connectivity index (χ2v) is 10.9. The average Bonchev–Trinajstić information content (AvgIpc) is 3.55.